The van der Waals surface area contributed by atoms with Gasteiger partial charge in [-0.25, -0.2) is 4.79 Å². The molecule has 88 valence electrons. The van der Waals surface area contributed by atoms with Gasteiger partial charge in [0.25, 0.3) is 0 Å². The third kappa shape index (κ3) is 2.95. The van der Waals surface area contributed by atoms with Crippen LogP contribution in [-0.4, -0.2) is 37.1 Å². The van der Waals surface area contributed by atoms with Gasteiger partial charge in [-0.2, -0.15) is 5.26 Å². The normalized spacial score (nSPS) is 15.1. The second-order valence-corrected chi connectivity index (χ2v) is 3.86. The van der Waals surface area contributed by atoms with Crippen LogP contribution in [0.1, 0.15) is 5.56 Å². The molecule has 2 N–H and O–H groups in total. The first kappa shape index (κ1) is 11.4. The Morgan fingerprint density at radius 2 is 2.18 bits per heavy atom. The number of piperazine rings is 1. The molecular weight excluding hydrogens is 216 g/mol. The second-order valence-electron chi connectivity index (χ2n) is 3.86. The molecule has 0 bridgehead atoms. The van der Waals surface area contributed by atoms with E-state index in [1.165, 1.54) is 0 Å². The molecule has 2 amide bonds. The lowest BCUT2D eigenvalue weighted by molar-refractivity contribution is 0.204. The summed E-state index contributed by atoms with van der Waals surface area (Å²) in [6.07, 6.45) is 0. The molecule has 5 heteroatoms. The van der Waals surface area contributed by atoms with Gasteiger partial charge in [0.15, 0.2) is 0 Å². The van der Waals surface area contributed by atoms with Crippen LogP contribution in [0.3, 0.4) is 0 Å². The van der Waals surface area contributed by atoms with E-state index in [1.54, 1.807) is 29.2 Å². The zero-order valence-corrected chi connectivity index (χ0v) is 9.44. The lowest BCUT2D eigenvalue weighted by atomic mass is 10.2. The maximum Gasteiger partial charge on any atom is 0.321 e. The van der Waals surface area contributed by atoms with E-state index in [2.05, 4.69) is 10.6 Å². The Kier molecular flexibility index (Phi) is 3.58. The van der Waals surface area contributed by atoms with E-state index in [4.69, 9.17) is 5.26 Å². The van der Waals surface area contributed by atoms with E-state index in [1.807, 2.05) is 6.07 Å². The Hall–Kier alpha value is -2.06. The molecular formula is C12H14N4O. The summed E-state index contributed by atoms with van der Waals surface area (Å²) in [4.78, 5) is 13.6. The molecule has 0 spiro atoms. The molecule has 0 aromatic heterocycles. The van der Waals surface area contributed by atoms with Crippen LogP contribution >= 0.6 is 0 Å². The Balaban J connectivity index is 1.99. The maximum absolute atomic E-state index is 11.9. The minimum Gasteiger partial charge on any atom is -0.322 e. The van der Waals surface area contributed by atoms with Gasteiger partial charge in [-0.15, -0.1) is 0 Å². The van der Waals surface area contributed by atoms with Gasteiger partial charge in [0, 0.05) is 31.9 Å². The molecule has 0 unspecified atom stereocenters. The van der Waals surface area contributed by atoms with Crippen LogP contribution in [0.2, 0.25) is 0 Å². The first-order chi connectivity index (χ1) is 8.29. The lowest BCUT2D eigenvalue weighted by Crippen LogP contribution is -2.48. The molecule has 1 aromatic rings. The van der Waals surface area contributed by atoms with Crippen LogP contribution in [0.25, 0.3) is 0 Å². The molecule has 5 nitrogen and oxygen atoms in total. The minimum absolute atomic E-state index is 0.110. The average Bonchev–Trinajstić information content (AvgIpc) is 2.40. The van der Waals surface area contributed by atoms with Gasteiger partial charge >= 0.3 is 6.03 Å². The number of rotatable bonds is 1. The van der Waals surface area contributed by atoms with Gasteiger partial charge in [0.05, 0.1) is 11.6 Å². The summed E-state index contributed by atoms with van der Waals surface area (Å²) in [5, 5.41) is 14.7. The van der Waals surface area contributed by atoms with E-state index in [0.29, 0.717) is 24.3 Å². The molecule has 0 aliphatic carbocycles. The van der Waals surface area contributed by atoms with Crippen molar-refractivity contribution in [2.24, 2.45) is 0 Å². The van der Waals surface area contributed by atoms with E-state index >= 15 is 0 Å². The highest BCUT2D eigenvalue weighted by atomic mass is 16.2. The van der Waals surface area contributed by atoms with Crippen molar-refractivity contribution in [3.8, 4) is 6.07 Å². The van der Waals surface area contributed by atoms with Gasteiger partial charge in [-0.3, -0.25) is 0 Å². The predicted molar refractivity (Wildman–Crippen MR) is 64.6 cm³/mol. The smallest absolute Gasteiger partial charge is 0.321 e. The summed E-state index contributed by atoms with van der Waals surface area (Å²) in [6.45, 7) is 3.07. The van der Waals surface area contributed by atoms with Crippen molar-refractivity contribution < 1.29 is 4.79 Å². The van der Waals surface area contributed by atoms with Gasteiger partial charge in [-0.05, 0) is 18.2 Å². The van der Waals surface area contributed by atoms with Gasteiger partial charge < -0.3 is 15.5 Å². The van der Waals surface area contributed by atoms with Crippen LogP contribution in [0.15, 0.2) is 24.3 Å². The number of nitrogens with zero attached hydrogens (tertiary/aromatic N) is 2. The van der Waals surface area contributed by atoms with Crippen LogP contribution in [-0.2, 0) is 0 Å². The monoisotopic (exact) mass is 230 g/mol. The van der Waals surface area contributed by atoms with Crippen molar-refractivity contribution in [3.05, 3.63) is 29.8 Å². The van der Waals surface area contributed by atoms with Crippen LogP contribution in [0.4, 0.5) is 10.5 Å². The van der Waals surface area contributed by atoms with Crippen molar-refractivity contribution in [1.82, 2.24) is 10.2 Å². The molecule has 0 saturated carbocycles. The van der Waals surface area contributed by atoms with Crippen molar-refractivity contribution in [2.45, 2.75) is 0 Å². The van der Waals surface area contributed by atoms with E-state index < -0.39 is 0 Å². The number of carbonyl (C=O) groups is 1. The first-order valence-electron chi connectivity index (χ1n) is 5.56. The van der Waals surface area contributed by atoms with Crippen LogP contribution in [0, 0.1) is 11.3 Å². The number of urea groups is 1. The Morgan fingerprint density at radius 3 is 2.88 bits per heavy atom. The lowest BCUT2D eigenvalue weighted by Gasteiger charge is -2.27. The standard InChI is InChI=1S/C12H14N4O/c13-9-10-2-1-3-11(8-10)15-12(17)16-6-4-14-5-7-16/h1-3,8,14H,4-7H2,(H,15,17). The number of nitrogens with one attached hydrogen (secondary N) is 2. The highest BCUT2D eigenvalue weighted by Crippen LogP contribution is 2.10. The largest absolute Gasteiger partial charge is 0.322 e. The molecule has 1 aliphatic rings. The first-order valence-corrected chi connectivity index (χ1v) is 5.56. The molecule has 0 radical (unpaired) electrons. The molecule has 2 rings (SSSR count). The predicted octanol–water partition coefficient (Wildman–Crippen LogP) is 0.995. The van der Waals surface area contributed by atoms with E-state index in [-0.39, 0.29) is 6.03 Å². The number of hydrogen-bond donors (Lipinski definition) is 2. The third-order valence-electron chi connectivity index (χ3n) is 2.65. The molecule has 0 atom stereocenters. The number of amides is 2. The maximum atomic E-state index is 11.9. The Morgan fingerprint density at radius 1 is 1.41 bits per heavy atom. The molecule has 1 heterocycles. The fourth-order valence-corrected chi connectivity index (χ4v) is 1.74. The zero-order valence-electron chi connectivity index (χ0n) is 9.44. The minimum atomic E-state index is -0.110. The van der Waals surface area contributed by atoms with E-state index in [0.717, 1.165) is 13.1 Å². The quantitative estimate of drug-likeness (QED) is 0.756. The van der Waals surface area contributed by atoms with Crippen molar-refractivity contribution in [1.29, 1.82) is 5.26 Å². The van der Waals surface area contributed by atoms with Crippen molar-refractivity contribution in [3.63, 3.8) is 0 Å². The fraction of sp³-hybridized carbons (Fsp3) is 0.333. The summed E-state index contributed by atoms with van der Waals surface area (Å²) in [6, 6.07) is 8.85. The third-order valence-corrected chi connectivity index (χ3v) is 2.65. The molecule has 1 aliphatic heterocycles. The molecule has 1 aromatic carbocycles. The van der Waals surface area contributed by atoms with Gasteiger partial charge in [0.1, 0.15) is 0 Å². The number of hydrogen-bond acceptors (Lipinski definition) is 3. The zero-order chi connectivity index (χ0) is 12.1. The fourth-order valence-electron chi connectivity index (χ4n) is 1.74. The Labute approximate surface area is 100 Å². The highest BCUT2D eigenvalue weighted by Gasteiger charge is 2.15. The van der Waals surface area contributed by atoms with Crippen LogP contribution in [0.5, 0.6) is 0 Å². The highest BCUT2D eigenvalue weighted by molar-refractivity contribution is 5.89. The van der Waals surface area contributed by atoms with Crippen molar-refractivity contribution in [2.75, 3.05) is 31.5 Å². The average molecular weight is 230 g/mol. The Bertz CT molecular complexity index is 446. The summed E-state index contributed by atoms with van der Waals surface area (Å²) in [5.41, 5.74) is 1.20. The number of nitriles is 1. The molecule has 17 heavy (non-hydrogen) atoms. The summed E-state index contributed by atoms with van der Waals surface area (Å²) in [5.74, 6) is 0. The molecule has 1 fully saturated rings. The number of anilines is 1. The van der Waals surface area contributed by atoms with Crippen molar-refractivity contribution >= 4 is 11.7 Å². The number of benzene rings is 1. The SMILES string of the molecule is N#Cc1cccc(NC(=O)N2CCNCC2)c1. The van der Waals surface area contributed by atoms with Gasteiger partial charge in [-0.1, -0.05) is 6.07 Å². The summed E-state index contributed by atoms with van der Waals surface area (Å²) in [7, 11) is 0. The van der Waals surface area contributed by atoms with Crippen LogP contribution < -0.4 is 10.6 Å². The number of carbonyl (C=O) groups excluding carboxylic acids is 1. The summed E-state index contributed by atoms with van der Waals surface area (Å²) < 4.78 is 0. The van der Waals surface area contributed by atoms with E-state index in [9.17, 15) is 4.79 Å². The molecule has 1 saturated heterocycles. The summed E-state index contributed by atoms with van der Waals surface area (Å²) >= 11 is 0. The topological polar surface area (TPSA) is 68.2 Å². The van der Waals surface area contributed by atoms with Gasteiger partial charge in [0.2, 0.25) is 0 Å². The second kappa shape index (κ2) is 5.32.